The maximum absolute atomic E-state index is 10.5. The van der Waals surface area contributed by atoms with Crippen LogP contribution in [0.2, 0.25) is 5.02 Å². The summed E-state index contributed by atoms with van der Waals surface area (Å²) < 4.78 is 4.60. The Morgan fingerprint density at radius 2 is 2.43 bits per heavy atom. The number of thiophene rings is 1. The van der Waals surface area contributed by atoms with E-state index >= 15 is 0 Å². The maximum Gasteiger partial charge on any atom is 0.374 e. The van der Waals surface area contributed by atoms with Gasteiger partial charge in [-0.2, -0.15) is 0 Å². The van der Waals surface area contributed by atoms with Crippen LogP contribution in [0.3, 0.4) is 0 Å². The van der Waals surface area contributed by atoms with Crippen LogP contribution >= 0.6 is 22.9 Å². The van der Waals surface area contributed by atoms with Crippen molar-refractivity contribution in [2.24, 2.45) is 0 Å². The van der Waals surface area contributed by atoms with Crippen molar-refractivity contribution in [2.45, 2.75) is 0 Å². The van der Waals surface area contributed by atoms with Crippen molar-refractivity contribution in [3.63, 3.8) is 0 Å². The van der Waals surface area contributed by atoms with Crippen molar-refractivity contribution >= 4 is 28.9 Å². The van der Waals surface area contributed by atoms with E-state index in [1.54, 1.807) is 11.4 Å². The maximum atomic E-state index is 10.5. The summed E-state index contributed by atoms with van der Waals surface area (Å²) in [6.07, 6.45) is 0. The smallest absolute Gasteiger partial charge is 0.374 e. The monoisotopic (exact) mass is 229 g/mol. The van der Waals surface area contributed by atoms with Gasteiger partial charge in [-0.05, 0) is 11.4 Å². The molecule has 0 saturated heterocycles. The summed E-state index contributed by atoms with van der Waals surface area (Å²) in [4.78, 5) is 11.2. The van der Waals surface area contributed by atoms with Gasteiger partial charge >= 0.3 is 5.97 Å². The number of aromatic nitrogens is 1. The van der Waals surface area contributed by atoms with E-state index in [9.17, 15) is 4.79 Å². The van der Waals surface area contributed by atoms with Crippen LogP contribution in [-0.4, -0.2) is 16.2 Å². The van der Waals surface area contributed by atoms with E-state index in [0.29, 0.717) is 15.6 Å². The first-order chi connectivity index (χ1) is 6.68. The number of carboxylic acid groups (broad SMARTS) is 1. The van der Waals surface area contributed by atoms with Crippen LogP contribution in [-0.2, 0) is 0 Å². The number of halogens is 1. The highest BCUT2D eigenvalue weighted by atomic mass is 35.5. The van der Waals surface area contributed by atoms with Gasteiger partial charge in [0.2, 0.25) is 5.76 Å². The quantitative estimate of drug-likeness (QED) is 0.860. The van der Waals surface area contributed by atoms with Gasteiger partial charge in [-0.25, -0.2) is 4.79 Å². The third-order valence-electron chi connectivity index (χ3n) is 1.57. The zero-order chi connectivity index (χ0) is 10.1. The Morgan fingerprint density at radius 1 is 1.64 bits per heavy atom. The standard InChI is InChI=1S/C8H4ClNO3S/c9-4-1-2-14-7(4)5-3-6(8(11)12)13-10-5/h1-3H,(H,11,12). The van der Waals surface area contributed by atoms with Crippen molar-refractivity contribution in [3.8, 4) is 10.6 Å². The molecule has 0 bridgehead atoms. The van der Waals surface area contributed by atoms with Crippen LogP contribution in [0, 0.1) is 0 Å². The SMILES string of the molecule is O=C(O)c1cc(-c2sccc2Cl)no1. The zero-order valence-electron chi connectivity index (χ0n) is 6.73. The number of aromatic carboxylic acids is 1. The summed E-state index contributed by atoms with van der Waals surface area (Å²) in [6.45, 7) is 0. The number of rotatable bonds is 2. The van der Waals surface area contributed by atoms with E-state index in [4.69, 9.17) is 16.7 Å². The highest BCUT2D eigenvalue weighted by molar-refractivity contribution is 7.14. The molecule has 0 aliphatic carbocycles. The van der Waals surface area contributed by atoms with Gasteiger partial charge < -0.3 is 9.63 Å². The van der Waals surface area contributed by atoms with Crippen LogP contribution in [0.1, 0.15) is 10.6 Å². The fourth-order valence-electron chi connectivity index (χ4n) is 0.960. The zero-order valence-corrected chi connectivity index (χ0v) is 8.30. The fraction of sp³-hybridized carbons (Fsp3) is 0. The third-order valence-corrected chi connectivity index (χ3v) is 2.93. The highest BCUT2D eigenvalue weighted by Crippen LogP contribution is 2.32. The topological polar surface area (TPSA) is 63.3 Å². The van der Waals surface area contributed by atoms with Crippen molar-refractivity contribution in [3.05, 3.63) is 28.3 Å². The van der Waals surface area contributed by atoms with Crippen molar-refractivity contribution in [1.29, 1.82) is 0 Å². The Balaban J connectivity index is 2.43. The molecule has 0 spiro atoms. The van der Waals surface area contributed by atoms with Crippen LogP contribution in [0.15, 0.2) is 22.0 Å². The van der Waals surface area contributed by atoms with E-state index in [2.05, 4.69) is 9.68 Å². The summed E-state index contributed by atoms with van der Waals surface area (Å²) in [5.41, 5.74) is 0.447. The van der Waals surface area contributed by atoms with Crippen molar-refractivity contribution in [1.82, 2.24) is 5.16 Å². The first kappa shape index (κ1) is 9.23. The van der Waals surface area contributed by atoms with Crippen molar-refractivity contribution < 1.29 is 14.4 Å². The van der Waals surface area contributed by atoms with Gasteiger partial charge in [-0.3, -0.25) is 0 Å². The molecule has 2 heterocycles. The molecule has 0 fully saturated rings. The average Bonchev–Trinajstić information content (AvgIpc) is 2.71. The van der Waals surface area contributed by atoms with Gasteiger partial charge in [-0.1, -0.05) is 16.8 Å². The van der Waals surface area contributed by atoms with Gasteiger partial charge in [0, 0.05) is 6.07 Å². The normalized spacial score (nSPS) is 10.4. The number of hydrogen-bond donors (Lipinski definition) is 1. The lowest BCUT2D eigenvalue weighted by atomic mass is 10.3. The Hall–Kier alpha value is -1.33. The third kappa shape index (κ3) is 1.51. The molecule has 0 atom stereocenters. The predicted octanol–water partition coefficient (Wildman–Crippen LogP) is 2.75. The molecule has 0 radical (unpaired) electrons. The molecule has 72 valence electrons. The number of hydrogen-bond acceptors (Lipinski definition) is 4. The van der Waals surface area contributed by atoms with Crippen LogP contribution in [0.4, 0.5) is 0 Å². The molecule has 0 amide bonds. The van der Waals surface area contributed by atoms with E-state index < -0.39 is 5.97 Å². The lowest BCUT2D eigenvalue weighted by Gasteiger charge is -1.87. The first-order valence-corrected chi connectivity index (χ1v) is 4.87. The summed E-state index contributed by atoms with van der Waals surface area (Å²) in [5.74, 6) is -1.33. The lowest BCUT2D eigenvalue weighted by Crippen LogP contribution is -1.91. The molecule has 0 aliphatic rings. The van der Waals surface area contributed by atoms with Crippen LogP contribution in [0.25, 0.3) is 10.6 Å². The Bertz CT molecular complexity index is 476. The van der Waals surface area contributed by atoms with Crippen LogP contribution < -0.4 is 0 Å². The summed E-state index contributed by atoms with van der Waals surface area (Å²) in [6, 6.07) is 3.07. The molecule has 0 aromatic carbocycles. The predicted molar refractivity (Wildman–Crippen MR) is 51.8 cm³/mol. The second-order valence-electron chi connectivity index (χ2n) is 2.48. The van der Waals surface area contributed by atoms with Gasteiger partial charge in [-0.15, -0.1) is 11.3 Å². The van der Waals surface area contributed by atoms with Gasteiger partial charge in [0.25, 0.3) is 0 Å². The van der Waals surface area contributed by atoms with Gasteiger partial charge in [0.05, 0.1) is 9.90 Å². The molecule has 0 saturated carbocycles. The minimum absolute atomic E-state index is 0.190. The molecular weight excluding hydrogens is 226 g/mol. The van der Waals surface area contributed by atoms with Gasteiger partial charge in [0.1, 0.15) is 5.69 Å². The lowest BCUT2D eigenvalue weighted by molar-refractivity contribution is 0.0652. The Kier molecular flexibility index (Phi) is 2.26. The molecule has 14 heavy (non-hydrogen) atoms. The Labute approximate surface area is 87.7 Å². The minimum atomic E-state index is -1.14. The van der Waals surface area contributed by atoms with Crippen molar-refractivity contribution in [2.75, 3.05) is 0 Å². The number of carboxylic acids is 1. The molecule has 0 aliphatic heterocycles. The molecule has 2 rings (SSSR count). The molecule has 6 heteroatoms. The largest absolute Gasteiger partial charge is 0.475 e. The molecular formula is C8H4ClNO3S. The molecule has 2 aromatic rings. The molecule has 1 N–H and O–H groups in total. The molecule has 4 nitrogen and oxygen atoms in total. The number of nitrogens with zero attached hydrogens (tertiary/aromatic N) is 1. The first-order valence-electron chi connectivity index (χ1n) is 3.62. The Morgan fingerprint density at radius 3 is 2.93 bits per heavy atom. The highest BCUT2D eigenvalue weighted by Gasteiger charge is 2.14. The molecule has 0 unspecified atom stereocenters. The average molecular weight is 230 g/mol. The van der Waals surface area contributed by atoms with E-state index in [1.807, 2.05) is 0 Å². The minimum Gasteiger partial charge on any atom is -0.475 e. The van der Waals surface area contributed by atoms with E-state index in [-0.39, 0.29) is 5.76 Å². The summed E-state index contributed by atoms with van der Waals surface area (Å²) in [5, 5.41) is 14.6. The van der Waals surface area contributed by atoms with E-state index in [0.717, 1.165) is 0 Å². The fourth-order valence-corrected chi connectivity index (χ4v) is 2.07. The summed E-state index contributed by atoms with van der Waals surface area (Å²) in [7, 11) is 0. The number of carbonyl (C=O) groups is 1. The van der Waals surface area contributed by atoms with E-state index in [1.165, 1.54) is 17.4 Å². The van der Waals surface area contributed by atoms with Crippen LogP contribution in [0.5, 0.6) is 0 Å². The second kappa shape index (κ2) is 3.43. The second-order valence-corrected chi connectivity index (χ2v) is 3.80. The summed E-state index contributed by atoms with van der Waals surface area (Å²) >= 11 is 7.22. The molecule has 2 aromatic heterocycles. The van der Waals surface area contributed by atoms with Gasteiger partial charge in [0.15, 0.2) is 0 Å².